The minimum Gasteiger partial charge on any atom is -0.462 e. The number of aromatic nitrogens is 2. The van der Waals surface area contributed by atoms with Crippen molar-refractivity contribution in [3.8, 4) is 0 Å². The zero-order chi connectivity index (χ0) is 22.0. The van der Waals surface area contributed by atoms with E-state index in [-0.39, 0.29) is 30.8 Å². The number of halogens is 2. The van der Waals surface area contributed by atoms with Crippen LogP contribution < -0.4 is 5.32 Å². The average molecular weight is 432 g/mol. The molecule has 1 heterocycles. The highest BCUT2D eigenvalue weighted by Gasteiger charge is 2.32. The fourth-order valence-corrected chi connectivity index (χ4v) is 3.50. The second-order valence-corrected chi connectivity index (χ2v) is 8.03. The maximum Gasteiger partial charge on any atom is 0.341 e. The molecule has 0 atom stereocenters. The highest BCUT2D eigenvalue weighted by molar-refractivity contribution is 5.94. The van der Waals surface area contributed by atoms with Crippen molar-refractivity contribution in [1.82, 2.24) is 20.0 Å². The number of rotatable bonds is 10. The summed E-state index contributed by atoms with van der Waals surface area (Å²) < 4.78 is 33.5. The molecule has 2 aliphatic carbocycles. The van der Waals surface area contributed by atoms with E-state index in [9.17, 15) is 18.4 Å². The van der Waals surface area contributed by atoms with E-state index in [0.717, 1.165) is 37.4 Å². The first-order valence-electron chi connectivity index (χ1n) is 10.6. The second-order valence-electron chi connectivity index (χ2n) is 8.03. The highest BCUT2D eigenvalue weighted by atomic mass is 19.3. The molecule has 2 saturated carbocycles. The average Bonchev–Trinajstić information content (AvgIpc) is 3.67. The number of hydrogen-bond acceptors (Lipinski definition) is 5. The van der Waals surface area contributed by atoms with E-state index < -0.39 is 18.1 Å². The predicted molar refractivity (Wildman–Crippen MR) is 109 cm³/mol. The van der Waals surface area contributed by atoms with Crippen LogP contribution >= 0.6 is 0 Å². The molecule has 31 heavy (non-hydrogen) atoms. The summed E-state index contributed by atoms with van der Waals surface area (Å²) in [5, 5.41) is 7.00. The van der Waals surface area contributed by atoms with Gasteiger partial charge in [0.2, 0.25) is 0 Å². The van der Waals surface area contributed by atoms with Gasteiger partial charge in [-0.15, -0.1) is 0 Å². The van der Waals surface area contributed by atoms with E-state index in [2.05, 4.69) is 15.3 Å². The maximum absolute atomic E-state index is 13.7. The molecule has 0 spiro atoms. The zero-order valence-corrected chi connectivity index (χ0v) is 17.4. The number of carbonyl (C=O) groups is 2. The topological polar surface area (TPSA) is 76.5 Å². The van der Waals surface area contributed by atoms with Crippen molar-refractivity contribution in [1.29, 1.82) is 0 Å². The lowest BCUT2D eigenvalue weighted by Crippen LogP contribution is -2.30. The molecule has 1 amide bonds. The van der Waals surface area contributed by atoms with Crippen molar-refractivity contribution in [3.05, 3.63) is 52.8 Å². The molecule has 0 radical (unpaired) electrons. The minimum absolute atomic E-state index is 0.0716. The molecule has 0 aliphatic heterocycles. The largest absolute Gasteiger partial charge is 0.462 e. The monoisotopic (exact) mass is 432 g/mol. The number of benzene rings is 1. The second kappa shape index (κ2) is 9.13. The van der Waals surface area contributed by atoms with E-state index in [1.807, 2.05) is 12.1 Å². The van der Waals surface area contributed by atoms with Crippen molar-refractivity contribution >= 4 is 11.9 Å². The Bertz CT molecular complexity index is 937. The van der Waals surface area contributed by atoms with Crippen LogP contribution in [0.15, 0.2) is 30.5 Å². The van der Waals surface area contributed by atoms with Crippen LogP contribution in [0.1, 0.15) is 71.0 Å². The van der Waals surface area contributed by atoms with E-state index >= 15 is 0 Å². The minimum atomic E-state index is -2.84. The molecule has 2 aliphatic rings. The lowest BCUT2D eigenvalue weighted by molar-refractivity contribution is 0.0511. The number of nitrogens with one attached hydrogen (secondary N) is 1. The summed E-state index contributed by atoms with van der Waals surface area (Å²) in [4.78, 5) is 26.2. The molecule has 4 rings (SSSR count). The van der Waals surface area contributed by atoms with Crippen molar-refractivity contribution < 1.29 is 23.1 Å². The van der Waals surface area contributed by atoms with E-state index in [4.69, 9.17) is 4.74 Å². The Kier molecular flexibility index (Phi) is 6.31. The molecular formula is C22H26F2N4O3. The first-order chi connectivity index (χ1) is 15.0. The van der Waals surface area contributed by atoms with Gasteiger partial charge in [-0.2, -0.15) is 5.10 Å². The SMILES string of the molecule is CCOC(=O)c1cnn(CN(Cc2ccc(C(=O)NC3CC3)cc2)C2CC2)c1C(F)F. The molecule has 0 unspecified atom stereocenters. The fraction of sp³-hybridized carbons (Fsp3) is 0.500. The van der Waals surface area contributed by atoms with Crippen LogP contribution in [0.5, 0.6) is 0 Å². The Morgan fingerprint density at radius 3 is 2.52 bits per heavy atom. The summed E-state index contributed by atoms with van der Waals surface area (Å²) in [5.41, 5.74) is 0.973. The normalized spacial score (nSPS) is 16.0. The Morgan fingerprint density at radius 1 is 1.23 bits per heavy atom. The number of amides is 1. The first kappa shape index (κ1) is 21.4. The van der Waals surface area contributed by atoms with Crippen LogP contribution in [-0.2, 0) is 18.0 Å². The summed E-state index contributed by atoms with van der Waals surface area (Å²) in [6, 6.07) is 7.93. The maximum atomic E-state index is 13.7. The number of ether oxygens (including phenoxy) is 1. The molecule has 1 aromatic heterocycles. The Morgan fingerprint density at radius 2 is 1.94 bits per heavy atom. The van der Waals surface area contributed by atoms with Crippen LogP contribution in [0, 0.1) is 0 Å². The van der Waals surface area contributed by atoms with Gasteiger partial charge in [0.05, 0.1) is 19.5 Å². The van der Waals surface area contributed by atoms with Gasteiger partial charge in [-0.3, -0.25) is 9.69 Å². The molecule has 2 fully saturated rings. The van der Waals surface area contributed by atoms with Gasteiger partial charge >= 0.3 is 5.97 Å². The number of carbonyl (C=O) groups excluding carboxylic acids is 2. The lowest BCUT2D eigenvalue weighted by Gasteiger charge is -2.23. The smallest absolute Gasteiger partial charge is 0.341 e. The van der Waals surface area contributed by atoms with Gasteiger partial charge in [-0.1, -0.05) is 12.1 Å². The van der Waals surface area contributed by atoms with E-state index in [1.165, 1.54) is 4.68 Å². The van der Waals surface area contributed by atoms with E-state index in [1.54, 1.807) is 19.1 Å². The standard InChI is InChI=1S/C22H26F2N4O3/c1-2-31-22(30)18-11-25-28(19(18)20(23)24)13-27(17-9-10-17)12-14-3-5-15(6-4-14)21(29)26-16-7-8-16/h3-6,11,16-17,20H,2,7-10,12-13H2,1H3,(H,26,29). The molecule has 1 N–H and O–H groups in total. The predicted octanol–water partition coefficient (Wildman–Crippen LogP) is 3.51. The van der Waals surface area contributed by atoms with E-state index in [0.29, 0.717) is 18.2 Å². The van der Waals surface area contributed by atoms with Crippen molar-refractivity contribution in [3.63, 3.8) is 0 Å². The zero-order valence-electron chi connectivity index (χ0n) is 17.4. The molecule has 0 bridgehead atoms. The van der Waals surface area contributed by atoms with Gasteiger partial charge in [0.15, 0.2) is 0 Å². The summed E-state index contributed by atoms with van der Waals surface area (Å²) in [5.74, 6) is -0.861. The highest BCUT2D eigenvalue weighted by Crippen LogP contribution is 2.31. The van der Waals surface area contributed by atoms with Crippen LogP contribution in [0.4, 0.5) is 8.78 Å². The van der Waals surface area contributed by atoms with Crippen LogP contribution in [-0.4, -0.2) is 45.2 Å². The number of hydrogen-bond donors (Lipinski definition) is 1. The molecule has 166 valence electrons. The number of alkyl halides is 2. The Balaban J connectivity index is 1.46. The van der Waals surface area contributed by atoms with Crippen LogP contribution in [0.3, 0.4) is 0 Å². The van der Waals surface area contributed by atoms with Gasteiger partial charge < -0.3 is 10.1 Å². The van der Waals surface area contributed by atoms with Gasteiger partial charge in [-0.05, 0) is 50.3 Å². The molecule has 7 nitrogen and oxygen atoms in total. The Hall–Kier alpha value is -2.81. The fourth-order valence-electron chi connectivity index (χ4n) is 3.50. The molecule has 1 aromatic carbocycles. The van der Waals surface area contributed by atoms with Gasteiger partial charge in [0, 0.05) is 24.2 Å². The third-order valence-corrected chi connectivity index (χ3v) is 5.48. The van der Waals surface area contributed by atoms with Gasteiger partial charge in [0.1, 0.15) is 11.3 Å². The number of esters is 1. The summed E-state index contributed by atoms with van der Waals surface area (Å²) >= 11 is 0. The van der Waals surface area contributed by atoms with Crippen LogP contribution in [0.25, 0.3) is 0 Å². The van der Waals surface area contributed by atoms with Crippen molar-refractivity contribution in [2.24, 2.45) is 0 Å². The summed E-state index contributed by atoms with van der Waals surface area (Å²) in [7, 11) is 0. The van der Waals surface area contributed by atoms with Crippen LogP contribution in [0.2, 0.25) is 0 Å². The molecular weight excluding hydrogens is 406 g/mol. The lowest BCUT2D eigenvalue weighted by atomic mass is 10.1. The summed E-state index contributed by atoms with van der Waals surface area (Å²) in [6.07, 6.45) is 2.35. The Labute approximate surface area is 179 Å². The quantitative estimate of drug-likeness (QED) is 0.582. The van der Waals surface area contributed by atoms with Gasteiger partial charge in [0.25, 0.3) is 12.3 Å². The van der Waals surface area contributed by atoms with Crippen molar-refractivity contribution in [2.75, 3.05) is 6.61 Å². The third-order valence-electron chi connectivity index (χ3n) is 5.48. The number of nitrogens with zero attached hydrogens (tertiary/aromatic N) is 3. The molecule has 9 heteroatoms. The molecule has 0 saturated heterocycles. The first-order valence-corrected chi connectivity index (χ1v) is 10.6. The van der Waals surface area contributed by atoms with Gasteiger partial charge in [-0.25, -0.2) is 18.3 Å². The third kappa shape index (κ3) is 5.28. The summed E-state index contributed by atoms with van der Waals surface area (Å²) in [6.45, 7) is 2.41. The van der Waals surface area contributed by atoms with Crippen molar-refractivity contribution in [2.45, 2.75) is 64.3 Å². The molecule has 2 aromatic rings.